The molecule has 0 radical (unpaired) electrons. The maximum Gasteiger partial charge on any atom is 0.254 e. The maximum atomic E-state index is 12.0. The number of nitrogens with zero attached hydrogens (tertiary/aromatic N) is 3. The third kappa shape index (κ3) is 4.25. The zero-order valence-electron chi connectivity index (χ0n) is 12.8. The molecule has 9 heteroatoms. The average Bonchev–Trinajstić information content (AvgIpc) is 2.93. The van der Waals surface area contributed by atoms with Crippen LogP contribution in [0.3, 0.4) is 0 Å². The molecule has 3 rings (SSSR count). The van der Waals surface area contributed by atoms with Gasteiger partial charge in [0.2, 0.25) is 5.95 Å². The van der Waals surface area contributed by atoms with Crippen molar-refractivity contribution >= 4 is 21.7 Å². The van der Waals surface area contributed by atoms with Crippen LogP contribution in [0.4, 0.5) is 5.95 Å². The van der Waals surface area contributed by atoms with Crippen molar-refractivity contribution in [1.82, 2.24) is 20.3 Å². The number of hydrogen-bond acceptors (Lipinski definition) is 7. The van der Waals surface area contributed by atoms with Crippen molar-refractivity contribution in [2.75, 3.05) is 16.8 Å². The third-order valence-corrected chi connectivity index (χ3v) is 5.40. The lowest BCUT2D eigenvalue weighted by molar-refractivity contribution is 0.0949. The molecule has 0 bridgehead atoms. The van der Waals surface area contributed by atoms with Crippen molar-refractivity contribution in [2.24, 2.45) is 0 Å². The molecule has 1 amide bonds. The Bertz CT molecular complexity index is 809. The van der Waals surface area contributed by atoms with Gasteiger partial charge in [0, 0.05) is 24.6 Å². The van der Waals surface area contributed by atoms with E-state index in [4.69, 9.17) is 0 Å². The number of carbonyl (C=O) groups is 1. The molecular formula is C15H17N5O3S. The van der Waals surface area contributed by atoms with Crippen LogP contribution in [-0.4, -0.2) is 46.8 Å². The molecule has 126 valence electrons. The summed E-state index contributed by atoms with van der Waals surface area (Å²) >= 11 is 0. The van der Waals surface area contributed by atoms with Crippen molar-refractivity contribution in [3.05, 3.63) is 48.0 Å². The van der Waals surface area contributed by atoms with E-state index in [1.54, 1.807) is 12.3 Å². The van der Waals surface area contributed by atoms with Crippen LogP contribution in [0, 0.1) is 0 Å². The molecule has 1 atom stereocenters. The Labute approximate surface area is 139 Å². The number of hydrogen-bond donors (Lipinski definition) is 2. The second-order valence-electron chi connectivity index (χ2n) is 5.54. The zero-order chi connectivity index (χ0) is 17.0. The van der Waals surface area contributed by atoms with E-state index in [1.165, 1.54) is 12.4 Å². The fourth-order valence-corrected chi connectivity index (χ4v) is 4.06. The Morgan fingerprint density at radius 2 is 2.00 bits per heavy atom. The van der Waals surface area contributed by atoms with Crippen LogP contribution >= 0.6 is 0 Å². The minimum absolute atomic E-state index is 0.0860. The first-order chi connectivity index (χ1) is 11.5. The van der Waals surface area contributed by atoms with Crippen LogP contribution in [-0.2, 0) is 16.4 Å². The second kappa shape index (κ2) is 6.91. The Morgan fingerprint density at radius 3 is 2.62 bits per heavy atom. The van der Waals surface area contributed by atoms with Gasteiger partial charge in [0.15, 0.2) is 9.84 Å². The molecule has 0 aliphatic carbocycles. The first-order valence-corrected chi connectivity index (χ1v) is 9.31. The molecule has 1 aliphatic heterocycles. The van der Waals surface area contributed by atoms with Gasteiger partial charge in [-0.25, -0.2) is 18.4 Å². The maximum absolute atomic E-state index is 12.0. The lowest BCUT2D eigenvalue weighted by Crippen LogP contribution is -2.25. The van der Waals surface area contributed by atoms with Gasteiger partial charge in [-0.15, -0.1) is 0 Å². The number of sulfone groups is 1. The van der Waals surface area contributed by atoms with Gasteiger partial charge in [0.1, 0.15) is 0 Å². The van der Waals surface area contributed by atoms with Crippen LogP contribution < -0.4 is 10.6 Å². The van der Waals surface area contributed by atoms with Gasteiger partial charge in [-0.2, -0.15) is 0 Å². The number of rotatable bonds is 5. The molecule has 1 saturated heterocycles. The summed E-state index contributed by atoms with van der Waals surface area (Å²) in [6.07, 6.45) is 5.02. The largest absolute Gasteiger partial charge is 0.350 e. The van der Waals surface area contributed by atoms with Crippen molar-refractivity contribution < 1.29 is 13.2 Å². The molecule has 2 aromatic rings. The lowest BCUT2D eigenvalue weighted by Gasteiger charge is -2.10. The van der Waals surface area contributed by atoms with Crippen molar-refractivity contribution in [3.8, 4) is 0 Å². The molecule has 2 N–H and O–H groups in total. The number of aromatic nitrogens is 3. The van der Waals surface area contributed by atoms with Crippen LogP contribution in [0.1, 0.15) is 22.5 Å². The molecule has 24 heavy (non-hydrogen) atoms. The lowest BCUT2D eigenvalue weighted by atomic mass is 10.3. The predicted molar refractivity (Wildman–Crippen MR) is 88.1 cm³/mol. The molecule has 0 spiro atoms. The summed E-state index contributed by atoms with van der Waals surface area (Å²) in [6, 6.07) is 5.29. The smallest absolute Gasteiger partial charge is 0.254 e. The summed E-state index contributed by atoms with van der Waals surface area (Å²) in [6.45, 7) is 0.319. The predicted octanol–water partition coefficient (Wildman–Crippen LogP) is 0.401. The van der Waals surface area contributed by atoms with Gasteiger partial charge in [-0.05, 0) is 18.6 Å². The van der Waals surface area contributed by atoms with Crippen molar-refractivity contribution in [2.45, 2.75) is 19.0 Å². The van der Waals surface area contributed by atoms with Gasteiger partial charge in [0.25, 0.3) is 5.91 Å². The van der Waals surface area contributed by atoms with Gasteiger partial charge in [-0.1, -0.05) is 6.07 Å². The Morgan fingerprint density at radius 1 is 1.21 bits per heavy atom. The summed E-state index contributed by atoms with van der Waals surface area (Å²) in [5.41, 5.74) is 1.09. The number of nitrogens with one attached hydrogen (secondary N) is 2. The van der Waals surface area contributed by atoms with Gasteiger partial charge in [-0.3, -0.25) is 9.78 Å². The van der Waals surface area contributed by atoms with E-state index in [1.807, 2.05) is 12.1 Å². The average molecular weight is 347 g/mol. The number of pyridine rings is 1. The van der Waals surface area contributed by atoms with Crippen LogP contribution in [0.25, 0.3) is 0 Å². The Balaban J connectivity index is 1.55. The minimum Gasteiger partial charge on any atom is -0.350 e. The van der Waals surface area contributed by atoms with Crippen LogP contribution in [0.5, 0.6) is 0 Å². The second-order valence-corrected chi connectivity index (χ2v) is 7.77. The first-order valence-electron chi connectivity index (χ1n) is 7.49. The van der Waals surface area contributed by atoms with Crippen molar-refractivity contribution in [1.29, 1.82) is 0 Å². The minimum atomic E-state index is -2.96. The third-order valence-electron chi connectivity index (χ3n) is 3.64. The molecule has 1 aliphatic rings. The quantitative estimate of drug-likeness (QED) is 0.804. The topological polar surface area (TPSA) is 114 Å². The molecule has 1 unspecified atom stereocenters. The monoisotopic (exact) mass is 347 g/mol. The molecule has 2 aromatic heterocycles. The first kappa shape index (κ1) is 16.3. The number of anilines is 1. The van der Waals surface area contributed by atoms with E-state index < -0.39 is 9.84 Å². The highest BCUT2D eigenvalue weighted by molar-refractivity contribution is 7.91. The highest BCUT2D eigenvalue weighted by Gasteiger charge is 2.28. The van der Waals surface area contributed by atoms with E-state index in [0.29, 0.717) is 24.5 Å². The van der Waals surface area contributed by atoms with Gasteiger partial charge in [0.05, 0.1) is 29.3 Å². The summed E-state index contributed by atoms with van der Waals surface area (Å²) in [5, 5.41) is 5.71. The summed E-state index contributed by atoms with van der Waals surface area (Å²) in [7, 11) is -2.96. The highest BCUT2D eigenvalue weighted by atomic mass is 32.2. The fourth-order valence-electron chi connectivity index (χ4n) is 2.39. The van der Waals surface area contributed by atoms with Gasteiger partial charge < -0.3 is 10.6 Å². The van der Waals surface area contributed by atoms with Crippen LogP contribution in [0.15, 0.2) is 36.8 Å². The van der Waals surface area contributed by atoms with Crippen LogP contribution in [0.2, 0.25) is 0 Å². The summed E-state index contributed by atoms with van der Waals surface area (Å²) in [4.78, 5) is 24.3. The fraction of sp³-hybridized carbons (Fsp3) is 0.333. The Hall–Kier alpha value is -2.55. The molecule has 1 fully saturated rings. The number of carbonyl (C=O) groups excluding carboxylic acids is 1. The normalized spacial score (nSPS) is 18.9. The molecule has 8 nitrogen and oxygen atoms in total. The van der Waals surface area contributed by atoms with Crippen molar-refractivity contribution in [3.63, 3.8) is 0 Å². The van der Waals surface area contributed by atoms with E-state index in [0.717, 1.165) is 5.69 Å². The van der Waals surface area contributed by atoms with E-state index in [2.05, 4.69) is 25.6 Å². The highest BCUT2D eigenvalue weighted by Crippen LogP contribution is 2.15. The zero-order valence-corrected chi connectivity index (χ0v) is 13.7. The molecule has 0 aromatic carbocycles. The SMILES string of the molecule is O=C(NCc1ccccn1)c1cnc(NC2CCS(=O)(=O)C2)nc1. The molecular weight excluding hydrogens is 330 g/mol. The Kier molecular flexibility index (Phi) is 4.70. The molecule has 0 saturated carbocycles. The number of amides is 1. The standard InChI is InChI=1S/C15H17N5O3S/c21-14(17-9-12-3-1-2-5-16-12)11-7-18-15(19-8-11)20-13-4-6-24(22,23)10-13/h1-3,5,7-8,13H,4,6,9-10H2,(H,17,21)(H,18,19,20). The summed E-state index contributed by atoms with van der Waals surface area (Å²) < 4.78 is 22.8. The van der Waals surface area contributed by atoms with E-state index >= 15 is 0 Å². The summed E-state index contributed by atoms with van der Waals surface area (Å²) in [5.74, 6) is 0.287. The molecule has 3 heterocycles. The van der Waals surface area contributed by atoms with E-state index in [9.17, 15) is 13.2 Å². The van der Waals surface area contributed by atoms with Gasteiger partial charge >= 0.3 is 0 Å². The van der Waals surface area contributed by atoms with E-state index in [-0.39, 0.29) is 23.5 Å².